The lowest BCUT2D eigenvalue weighted by Gasteiger charge is -2.10. The SMILES string of the molecule is COc1ccc(CCOc2cccc(-c3cccc(C(=O)O)c3)n2)cc1OC. The van der Waals surface area contributed by atoms with Crippen LogP contribution in [0.2, 0.25) is 0 Å². The Labute approximate surface area is 163 Å². The Balaban J connectivity index is 1.67. The van der Waals surface area contributed by atoms with Crippen LogP contribution in [0.3, 0.4) is 0 Å². The van der Waals surface area contributed by atoms with Gasteiger partial charge in [0.25, 0.3) is 0 Å². The molecule has 6 nitrogen and oxygen atoms in total. The Morgan fingerprint density at radius 3 is 2.50 bits per heavy atom. The highest BCUT2D eigenvalue weighted by atomic mass is 16.5. The molecule has 0 aliphatic carbocycles. The first-order chi connectivity index (χ1) is 13.6. The normalized spacial score (nSPS) is 10.4. The quantitative estimate of drug-likeness (QED) is 0.635. The van der Waals surface area contributed by atoms with Crippen molar-refractivity contribution in [2.24, 2.45) is 0 Å². The minimum Gasteiger partial charge on any atom is -0.493 e. The van der Waals surface area contributed by atoms with Gasteiger partial charge in [0.15, 0.2) is 11.5 Å². The Hall–Kier alpha value is -3.54. The number of pyridine rings is 1. The van der Waals surface area contributed by atoms with E-state index in [-0.39, 0.29) is 5.56 Å². The summed E-state index contributed by atoms with van der Waals surface area (Å²) in [4.78, 5) is 15.6. The zero-order valence-electron chi connectivity index (χ0n) is 15.7. The molecule has 28 heavy (non-hydrogen) atoms. The maximum Gasteiger partial charge on any atom is 0.335 e. The van der Waals surface area contributed by atoms with Crippen molar-refractivity contribution >= 4 is 5.97 Å². The molecular formula is C22H21NO5. The second kappa shape index (κ2) is 8.90. The minimum absolute atomic E-state index is 0.221. The molecule has 0 bridgehead atoms. The van der Waals surface area contributed by atoms with E-state index >= 15 is 0 Å². The van der Waals surface area contributed by atoms with Crippen molar-refractivity contribution in [1.29, 1.82) is 0 Å². The summed E-state index contributed by atoms with van der Waals surface area (Å²) >= 11 is 0. The van der Waals surface area contributed by atoms with Crippen molar-refractivity contribution in [2.45, 2.75) is 6.42 Å². The van der Waals surface area contributed by atoms with Crippen molar-refractivity contribution in [2.75, 3.05) is 20.8 Å². The van der Waals surface area contributed by atoms with Gasteiger partial charge in [0, 0.05) is 18.1 Å². The molecule has 144 valence electrons. The molecule has 0 spiro atoms. The molecule has 0 amide bonds. The van der Waals surface area contributed by atoms with Crippen LogP contribution in [0, 0.1) is 0 Å². The number of hydrogen-bond donors (Lipinski definition) is 1. The number of carbonyl (C=O) groups is 1. The number of methoxy groups -OCH3 is 2. The maximum atomic E-state index is 11.2. The lowest BCUT2D eigenvalue weighted by atomic mass is 10.1. The number of hydrogen-bond acceptors (Lipinski definition) is 5. The highest BCUT2D eigenvalue weighted by Gasteiger charge is 2.08. The monoisotopic (exact) mass is 379 g/mol. The molecule has 0 radical (unpaired) electrons. The van der Waals surface area contributed by atoms with Gasteiger partial charge in [-0.2, -0.15) is 0 Å². The van der Waals surface area contributed by atoms with E-state index in [1.165, 1.54) is 0 Å². The van der Waals surface area contributed by atoms with E-state index in [0.717, 1.165) is 11.1 Å². The maximum absolute atomic E-state index is 11.2. The van der Waals surface area contributed by atoms with Crippen LogP contribution in [-0.4, -0.2) is 36.9 Å². The smallest absolute Gasteiger partial charge is 0.335 e. The molecule has 1 N–H and O–H groups in total. The third-order valence-corrected chi connectivity index (χ3v) is 4.22. The van der Waals surface area contributed by atoms with E-state index in [9.17, 15) is 4.79 Å². The predicted molar refractivity (Wildman–Crippen MR) is 105 cm³/mol. The first-order valence-corrected chi connectivity index (χ1v) is 8.75. The molecule has 0 saturated carbocycles. The summed E-state index contributed by atoms with van der Waals surface area (Å²) in [6, 6.07) is 17.8. The number of ether oxygens (including phenoxy) is 3. The van der Waals surface area contributed by atoms with E-state index in [2.05, 4.69) is 4.98 Å². The van der Waals surface area contributed by atoms with E-state index in [0.29, 0.717) is 36.1 Å². The summed E-state index contributed by atoms with van der Waals surface area (Å²) in [5.41, 5.74) is 2.67. The number of rotatable bonds is 8. The van der Waals surface area contributed by atoms with Crippen LogP contribution in [0.1, 0.15) is 15.9 Å². The fourth-order valence-corrected chi connectivity index (χ4v) is 2.78. The van der Waals surface area contributed by atoms with Gasteiger partial charge in [0.1, 0.15) is 0 Å². The number of carboxylic acids is 1. The Morgan fingerprint density at radius 2 is 1.75 bits per heavy atom. The van der Waals surface area contributed by atoms with E-state index in [1.54, 1.807) is 38.5 Å². The lowest BCUT2D eigenvalue weighted by molar-refractivity contribution is 0.0697. The molecule has 3 rings (SSSR count). The summed E-state index contributed by atoms with van der Waals surface area (Å²) in [6.45, 7) is 0.446. The molecule has 0 unspecified atom stereocenters. The molecule has 6 heteroatoms. The zero-order chi connectivity index (χ0) is 19.9. The second-order valence-electron chi connectivity index (χ2n) is 6.03. The van der Waals surface area contributed by atoms with E-state index in [1.807, 2.05) is 36.4 Å². The van der Waals surface area contributed by atoms with Gasteiger partial charge >= 0.3 is 5.97 Å². The highest BCUT2D eigenvalue weighted by Crippen LogP contribution is 2.28. The summed E-state index contributed by atoms with van der Waals surface area (Å²) in [7, 11) is 3.21. The summed E-state index contributed by atoms with van der Waals surface area (Å²) in [6.07, 6.45) is 0.681. The summed E-state index contributed by atoms with van der Waals surface area (Å²) in [5, 5.41) is 9.14. The molecular weight excluding hydrogens is 358 g/mol. The average molecular weight is 379 g/mol. The lowest BCUT2D eigenvalue weighted by Crippen LogP contribution is -2.03. The van der Waals surface area contributed by atoms with Crippen LogP contribution >= 0.6 is 0 Å². The van der Waals surface area contributed by atoms with E-state index in [4.69, 9.17) is 19.3 Å². The average Bonchev–Trinajstić information content (AvgIpc) is 2.74. The largest absolute Gasteiger partial charge is 0.493 e. The standard InChI is InChI=1S/C22H21NO5/c1-26-19-10-9-15(13-20(19)27-2)11-12-28-21-8-4-7-18(23-21)16-5-3-6-17(14-16)22(24)25/h3-10,13-14H,11-12H2,1-2H3,(H,24,25). The van der Waals surface area contributed by atoms with Gasteiger partial charge in [0.2, 0.25) is 5.88 Å². The fraction of sp³-hybridized carbons (Fsp3) is 0.182. The van der Waals surface area contributed by atoms with Crippen LogP contribution in [0.25, 0.3) is 11.3 Å². The second-order valence-corrected chi connectivity index (χ2v) is 6.03. The van der Waals surface area contributed by atoms with Gasteiger partial charge in [-0.25, -0.2) is 9.78 Å². The van der Waals surface area contributed by atoms with Crippen molar-refractivity contribution in [3.05, 3.63) is 71.8 Å². The summed E-state index contributed by atoms with van der Waals surface area (Å²) in [5.74, 6) is 0.881. The Morgan fingerprint density at radius 1 is 0.964 bits per heavy atom. The molecule has 0 saturated heterocycles. The molecule has 0 fully saturated rings. The van der Waals surface area contributed by atoms with Gasteiger partial charge in [0.05, 0.1) is 32.1 Å². The highest BCUT2D eigenvalue weighted by molar-refractivity contribution is 5.89. The topological polar surface area (TPSA) is 77.9 Å². The molecule has 1 heterocycles. The molecule has 0 aliphatic heterocycles. The zero-order valence-corrected chi connectivity index (χ0v) is 15.7. The third kappa shape index (κ3) is 4.59. The summed E-state index contributed by atoms with van der Waals surface area (Å²) < 4.78 is 16.3. The van der Waals surface area contributed by atoms with Crippen LogP contribution in [0.5, 0.6) is 17.4 Å². The van der Waals surface area contributed by atoms with Crippen molar-refractivity contribution in [3.63, 3.8) is 0 Å². The molecule has 0 aliphatic rings. The number of nitrogens with zero attached hydrogens (tertiary/aromatic N) is 1. The minimum atomic E-state index is -0.968. The van der Waals surface area contributed by atoms with Crippen LogP contribution < -0.4 is 14.2 Å². The van der Waals surface area contributed by atoms with Crippen LogP contribution in [0.4, 0.5) is 0 Å². The van der Waals surface area contributed by atoms with Gasteiger partial charge in [-0.3, -0.25) is 0 Å². The van der Waals surface area contributed by atoms with E-state index < -0.39 is 5.97 Å². The van der Waals surface area contributed by atoms with Gasteiger partial charge < -0.3 is 19.3 Å². The first kappa shape index (κ1) is 19.2. The third-order valence-electron chi connectivity index (χ3n) is 4.22. The Kier molecular flexibility index (Phi) is 6.11. The number of carboxylic acid groups (broad SMARTS) is 1. The molecule has 2 aromatic carbocycles. The van der Waals surface area contributed by atoms with Gasteiger partial charge in [-0.15, -0.1) is 0 Å². The fourth-order valence-electron chi connectivity index (χ4n) is 2.78. The Bertz CT molecular complexity index is 971. The van der Waals surface area contributed by atoms with Gasteiger partial charge in [-0.05, 0) is 35.9 Å². The van der Waals surface area contributed by atoms with Crippen LogP contribution in [-0.2, 0) is 6.42 Å². The van der Waals surface area contributed by atoms with Gasteiger partial charge in [-0.1, -0.05) is 24.3 Å². The first-order valence-electron chi connectivity index (χ1n) is 8.75. The molecule has 3 aromatic rings. The number of benzene rings is 2. The molecule has 1 aromatic heterocycles. The van der Waals surface area contributed by atoms with Crippen molar-refractivity contribution in [3.8, 4) is 28.6 Å². The van der Waals surface area contributed by atoms with Crippen molar-refractivity contribution < 1.29 is 24.1 Å². The predicted octanol–water partition coefficient (Wildman–Crippen LogP) is 4.09. The molecule has 0 atom stereocenters. The number of aromatic carboxylic acids is 1. The number of aromatic nitrogens is 1. The van der Waals surface area contributed by atoms with Crippen LogP contribution in [0.15, 0.2) is 60.7 Å². The van der Waals surface area contributed by atoms with Crippen molar-refractivity contribution in [1.82, 2.24) is 4.98 Å².